The van der Waals surface area contributed by atoms with Crippen LogP contribution in [0, 0.1) is 5.41 Å². The Labute approximate surface area is 83.3 Å². The third-order valence-corrected chi connectivity index (χ3v) is 3.35. The molecule has 0 heterocycles. The lowest BCUT2D eigenvalue weighted by atomic mass is 10.1. The van der Waals surface area contributed by atoms with Crippen LogP contribution in [0.4, 0.5) is 0 Å². The molecular weight excluding hydrogens is 158 g/mol. The second-order valence-electron chi connectivity index (χ2n) is 5.16. The number of rotatable bonds is 6. The van der Waals surface area contributed by atoms with Gasteiger partial charge in [-0.25, -0.2) is 0 Å². The first-order chi connectivity index (χ1) is 6.10. The standard InChI is InChI=1S/C12H25N/c1-5-7-8-10(6-2)13-11-9-12(11,3)4/h10-11,13H,5-9H2,1-4H3. The summed E-state index contributed by atoms with van der Waals surface area (Å²) in [6.45, 7) is 9.28. The second-order valence-corrected chi connectivity index (χ2v) is 5.16. The lowest BCUT2D eigenvalue weighted by Gasteiger charge is -2.17. The fraction of sp³-hybridized carbons (Fsp3) is 1.00. The van der Waals surface area contributed by atoms with E-state index in [9.17, 15) is 0 Å². The summed E-state index contributed by atoms with van der Waals surface area (Å²) in [7, 11) is 0. The third kappa shape index (κ3) is 3.30. The van der Waals surface area contributed by atoms with E-state index in [-0.39, 0.29) is 0 Å². The molecule has 1 nitrogen and oxygen atoms in total. The highest BCUT2D eigenvalue weighted by atomic mass is 15.0. The topological polar surface area (TPSA) is 12.0 Å². The van der Waals surface area contributed by atoms with Crippen molar-refractivity contribution < 1.29 is 0 Å². The van der Waals surface area contributed by atoms with Gasteiger partial charge in [0.1, 0.15) is 0 Å². The molecule has 0 aromatic heterocycles. The minimum absolute atomic E-state index is 0.583. The lowest BCUT2D eigenvalue weighted by Crippen LogP contribution is -2.32. The molecule has 0 amide bonds. The molecule has 1 aliphatic carbocycles. The number of hydrogen-bond donors (Lipinski definition) is 1. The molecule has 1 heteroatoms. The summed E-state index contributed by atoms with van der Waals surface area (Å²) < 4.78 is 0. The van der Waals surface area contributed by atoms with Gasteiger partial charge in [0, 0.05) is 12.1 Å². The number of nitrogens with one attached hydrogen (secondary N) is 1. The second kappa shape index (κ2) is 4.45. The van der Waals surface area contributed by atoms with Crippen molar-refractivity contribution >= 4 is 0 Å². The Morgan fingerprint density at radius 3 is 2.38 bits per heavy atom. The van der Waals surface area contributed by atoms with Crippen LogP contribution in [0.1, 0.15) is 59.8 Å². The molecule has 1 N–H and O–H groups in total. The largest absolute Gasteiger partial charge is 0.311 e. The Hall–Kier alpha value is -0.0400. The van der Waals surface area contributed by atoms with E-state index >= 15 is 0 Å². The van der Waals surface area contributed by atoms with Crippen LogP contribution >= 0.6 is 0 Å². The molecule has 1 fully saturated rings. The number of hydrogen-bond acceptors (Lipinski definition) is 1. The van der Waals surface area contributed by atoms with E-state index < -0.39 is 0 Å². The molecule has 2 atom stereocenters. The van der Waals surface area contributed by atoms with Crippen LogP contribution in [-0.4, -0.2) is 12.1 Å². The van der Waals surface area contributed by atoms with Gasteiger partial charge in [-0.15, -0.1) is 0 Å². The minimum atomic E-state index is 0.583. The molecule has 0 bridgehead atoms. The average molecular weight is 183 g/mol. The van der Waals surface area contributed by atoms with E-state index in [1.165, 1.54) is 32.1 Å². The molecule has 78 valence electrons. The molecule has 0 saturated heterocycles. The first-order valence-corrected chi connectivity index (χ1v) is 5.86. The molecule has 0 radical (unpaired) electrons. The van der Waals surface area contributed by atoms with Gasteiger partial charge in [0.15, 0.2) is 0 Å². The lowest BCUT2D eigenvalue weighted by molar-refractivity contribution is 0.419. The molecule has 0 aromatic carbocycles. The summed E-state index contributed by atoms with van der Waals surface area (Å²) in [5.41, 5.74) is 0.583. The predicted octanol–water partition coefficient (Wildman–Crippen LogP) is 3.34. The van der Waals surface area contributed by atoms with E-state index in [2.05, 4.69) is 33.0 Å². The Morgan fingerprint density at radius 2 is 2.00 bits per heavy atom. The van der Waals surface area contributed by atoms with Gasteiger partial charge in [0.25, 0.3) is 0 Å². The van der Waals surface area contributed by atoms with Crippen molar-refractivity contribution in [3.63, 3.8) is 0 Å². The van der Waals surface area contributed by atoms with Crippen LogP contribution in [0.15, 0.2) is 0 Å². The van der Waals surface area contributed by atoms with Crippen LogP contribution in [0.25, 0.3) is 0 Å². The monoisotopic (exact) mass is 183 g/mol. The van der Waals surface area contributed by atoms with E-state index in [4.69, 9.17) is 0 Å². The van der Waals surface area contributed by atoms with Gasteiger partial charge < -0.3 is 5.32 Å². The molecule has 0 aliphatic heterocycles. The molecule has 2 unspecified atom stereocenters. The van der Waals surface area contributed by atoms with Crippen LogP contribution in [-0.2, 0) is 0 Å². The zero-order valence-corrected chi connectivity index (χ0v) is 9.69. The maximum absolute atomic E-state index is 3.77. The van der Waals surface area contributed by atoms with Crippen molar-refractivity contribution in [2.24, 2.45) is 5.41 Å². The van der Waals surface area contributed by atoms with Crippen molar-refractivity contribution in [3.05, 3.63) is 0 Å². The summed E-state index contributed by atoms with van der Waals surface area (Å²) in [5, 5.41) is 3.77. The van der Waals surface area contributed by atoms with E-state index in [0.29, 0.717) is 5.41 Å². The zero-order valence-electron chi connectivity index (χ0n) is 9.69. The summed E-state index contributed by atoms with van der Waals surface area (Å²) in [6.07, 6.45) is 6.71. The molecule has 1 rings (SSSR count). The van der Waals surface area contributed by atoms with Crippen LogP contribution < -0.4 is 5.32 Å². The van der Waals surface area contributed by atoms with Crippen molar-refractivity contribution in [3.8, 4) is 0 Å². The van der Waals surface area contributed by atoms with Gasteiger partial charge in [-0.05, 0) is 24.7 Å². The van der Waals surface area contributed by atoms with E-state index in [1.54, 1.807) is 0 Å². The minimum Gasteiger partial charge on any atom is -0.311 e. The van der Waals surface area contributed by atoms with E-state index in [0.717, 1.165) is 12.1 Å². The predicted molar refractivity (Wildman–Crippen MR) is 58.9 cm³/mol. The Kier molecular flexibility index (Phi) is 3.78. The SMILES string of the molecule is CCCCC(CC)NC1CC1(C)C. The van der Waals surface area contributed by atoms with Crippen molar-refractivity contribution in [1.29, 1.82) is 0 Å². The maximum Gasteiger partial charge on any atom is 0.0127 e. The fourth-order valence-corrected chi connectivity index (χ4v) is 1.89. The highest BCUT2D eigenvalue weighted by molar-refractivity contribution is 5.02. The molecule has 1 aliphatic rings. The summed E-state index contributed by atoms with van der Waals surface area (Å²) >= 11 is 0. The van der Waals surface area contributed by atoms with Crippen molar-refractivity contribution in [1.82, 2.24) is 5.32 Å². The van der Waals surface area contributed by atoms with Gasteiger partial charge in [0.05, 0.1) is 0 Å². The average Bonchev–Trinajstić information content (AvgIpc) is 2.67. The Balaban J connectivity index is 2.17. The summed E-state index contributed by atoms with van der Waals surface area (Å²) in [5.74, 6) is 0. The summed E-state index contributed by atoms with van der Waals surface area (Å²) in [6, 6.07) is 1.57. The van der Waals surface area contributed by atoms with Gasteiger partial charge in [-0.3, -0.25) is 0 Å². The molecule has 0 aromatic rings. The summed E-state index contributed by atoms with van der Waals surface area (Å²) in [4.78, 5) is 0. The van der Waals surface area contributed by atoms with Gasteiger partial charge in [0.2, 0.25) is 0 Å². The normalized spacial score (nSPS) is 27.2. The molecular formula is C12H25N. The van der Waals surface area contributed by atoms with Crippen LogP contribution in [0.3, 0.4) is 0 Å². The molecule has 0 spiro atoms. The van der Waals surface area contributed by atoms with Crippen LogP contribution in [0.5, 0.6) is 0 Å². The maximum atomic E-state index is 3.77. The zero-order chi connectivity index (χ0) is 9.90. The van der Waals surface area contributed by atoms with Crippen molar-refractivity contribution in [2.75, 3.05) is 0 Å². The van der Waals surface area contributed by atoms with Gasteiger partial charge in [-0.1, -0.05) is 40.5 Å². The quantitative estimate of drug-likeness (QED) is 0.666. The van der Waals surface area contributed by atoms with Gasteiger partial charge >= 0.3 is 0 Å². The van der Waals surface area contributed by atoms with Gasteiger partial charge in [-0.2, -0.15) is 0 Å². The first-order valence-electron chi connectivity index (χ1n) is 5.86. The smallest absolute Gasteiger partial charge is 0.0127 e. The van der Waals surface area contributed by atoms with Crippen molar-refractivity contribution in [2.45, 2.75) is 71.9 Å². The molecule has 13 heavy (non-hydrogen) atoms. The highest BCUT2D eigenvalue weighted by Crippen LogP contribution is 2.45. The van der Waals surface area contributed by atoms with Crippen LogP contribution in [0.2, 0.25) is 0 Å². The highest BCUT2D eigenvalue weighted by Gasteiger charge is 2.45. The van der Waals surface area contributed by atoms with E-state index in [1.807, 2.05) is 0 Å². The Bertz CT molecular complexity index is 151. The number of unbranched alkanes of at least 4 members (excludes halogenated alkanes) is 1. The molecule has 1 saturated carbocycles. The fourth-order valence-electron chi connectivity index (χ4n) is 1.89. The first kappa shape index (κ1) is 11.0. The third-order valence-electron chi connectivity index (χ3n) is 3.35. The Morgan fingerprint density at radius 1 is 1.38 bits per heavy atom.